The van der Waals surface area contributed by atoms with Crippen LogP contribution in [0.25, 0.3) is 0 Å². The highest BCUT2D eigenvalue weighted by molar-refractivity contribution is 5.70. The Morgan fingerprint density at radius 2 is 1.19 bits per heavy atom. The fraction of sp³-hybridized carbons (Fsp3) is 0.750. The van der Waals surface area contributed by atoms with Crippen molar-refractivity contribution in [2.75, 3.05) is 0 Å². The van der Waals surface area contributed by atoms with E-state index in [2.05, 4.69) is 29.0 Å². The molecule has 0 aromatic rings. The summed E-state index contributed by atoms with van der Waals surface area (Å²) < 4.78 is 9.21. The molecule has 8 heteroatoms. The van der Waals surface area contributed by atoms with Crippen molar-refractivity contribution in [3.05, 3.63) is 0 Å². The van der Waals surface area contributed by atoms with E-state index in [1.54, 1.807) is 0 Å². The van der Waals surface area contributed by atoms with Gasteiger partial charge < -0.3 is 9.47 Å². The molecule has 0 aromatic heterocycles. The zero-order chi connectivity index (χ0) is 11.4. The Morgan fingerprint density at radius 3 is 1.50 bits per heavy atom. The maximum absolute atomic E-state index is 11.0. The van der Waals surface area contributed by atoms with Gasteiger partial charge in [-0.1, -0.05) is 0 Å². The van der Waals surface area contributed by atoms with Crippen LogP contribution in [0.1, 0.15) is 25.7 Å². The second-order valence-corrected chi connectivity index (χ2v) is 3.15. The zero-order valence-corrected chi connectivity index (χ0v) is 8.25. The molecule has 0 atom stereocenters. The topological polar surface area (TPSA) is 103 Å². The highest BCUT2D eigenvalue weighted by Gasteiger charge is 2.31. The number of carbonyl (C=O) groups is 2. The van der Waals surface area contributed by atoms with Crippen LogP contribution in [0.15, 0.2) is 0 Å². The molecule has 0 spiro atoms. The molecule has 2 aliphatic rings. The summed E-state index contributed by atoms with van der Waals surface area (Å²) in [5.74, 6) is -0.852. The van der Waals surface area contributed by atoms with E-state index in [1.165, 1.54) is 0 Å². The second kappa shape index (κ2) is 5.21. The molecule has 0 bridgehead atoms. The van der Waals surface area contributed by atoms with Crippen molar-refractivity contribution >= 4 is 11.9 Å². The van der Waals surface area contributed by atoms with E-state index in [-0.39, 0.29) is 12.8 Å². The van der Waals surface area contributed by atoms with Crippen molar-refractivity contribution in [3.63, 3.8) is 0 Å². The fourth-order valence-electron chi connectivity index (χ4n) is 0.995. The Balaban J connectivity index is 1.43. The number of esters is 2. The largest absolute Gasteiger partial charge is 0.406 e. The number of ether oxygens (including phenoxy) is 2. The van der Waals surface area contributed by atoms with Crippen molar-refractivity contribution in [1.29, 1.82) is 0 Å². The third kappa shape index (κ3) is 4.53. The van der Waals surface area contributed by atoms with Crippen molar-refractivity contribution in [2.45, 2.75) is 38.6 Å². The van der Waals surface area contributed by atoms with E-state index in [1.807, 2.05) is 0 Å². The van der Waals surface area contributed by atoms with Crippen molar-refractivity contribution < 1.29 is 38.6 Å². The minimum atomic E-state index is -0.846. The lowest BCUT2D eigenvalue weighted by molar-refractivity contribution is -0.152. The third-order valence-electron chi connectivity index (χ3n) is 1.82. The number of hydrogen-bond donors (Lipinski definition) is 0. The predicted molar refractivity (Wildman–Crippen MR) is 42.6 cm³/mol. The SMILES string of the molecule is O=C(CCCCC(=O)OC1OO1)OC1OO1. The Kier molecular flexibility index (Phi) is 3.67. The summed E-state index contributed by atoms with van der Waals surface area (Å²) in [7, 11) is 0. The van der Waals surface area contributed by atoms with Gasteiger partial charge in [-0.05, 0) is 12.8 Å². The lowest BCUT2D eigenvalue weighted by atomic mass is 10.2. The smallest absolute Gasteiger partial charge is 0.373 e. The standard InChI is InChI=1S/C8H10O8/c9-5(11-7-13-14-7)3-1-2-4-6(10)12-8-15-16-8/h7-8H,1-4H2. The number of unbranched alkanes of at least 4 members (excludes halogenated alkanes) is 1. The highest BCUT2D eigenvalue weighted by atomic mass is 17.4. The maximum Gasteiger partial charge on any atom is 0.373 e. The molecule has 2 rings (SSSR count). The van der Waals surface area contributed by atoms with Crippen LogP contribution in [0, 0.1) is 0 Å². The third-order valence-corrected chi connectivity index (χ3v) is 1.82. The average molecular weight is 234 g/mol. The minimum absolute atomic E-state index is 0.201. The molecule has 0 unspecified atom stereocenters. The van der Waals surface area contributed by atoms with Crippen LogP contribution >= 0.6 is 0 Å². The molecule has 90 valence electrons. The van der Waals surface area contributed by atoms with Crippen LogP contribution in [0.2, 0.25) is 0 Å². The first-order chi connectivity index (χ1) is 7.74. The zero-order valence-electron chi connectivity index (χ0n) is 8.25. The molecular weight excluding hydrogens is 224 g/mol. The van der Waals surface area contributed by atoms with Gasteiger partial charge in [-0.3, -0.25) is 9.59 Å². The van der Waals surface area contributed by atoms with Gasteiger partial charge in [-0.25, -0.2) is 0 Å². The van der Waals surface area contributed by atoms with E-state index in [0.29, 0.717) is 12.8 Å². The van der Waals surface area contributed by atoms with Gasteiger partial charge in [-0.15, -0.1) is 0 Å². The van der Waals surface area contributed by atoms with E-state index in [9.17, 15) is 9.59 Å². The van der Waals surface area contributed by atoms with Crippen LogP contribution in [0.3, 0.4) is 0 Å². The van der Waals surface area contributed by atoms with E-state index < -0.39 is 24.9 Å². The number of rotatable bonds is 7. The summed E-state index contributed by atoms with van der Waals surface area (Å²) in [6.45, 7) is -1.69. The Bertz CT molecular complexity index is 241. The molecular formula is C8H10O8. The van der Waals surface area contributed by atoms with Gasteiger partial charge in [0.1, 0.15) is 0 Å². The first-order valence-electron chi connectivity index (χ1n) is 4.77. The molecule has 0 saturated carbocycles. The molecule has 2 saturated heterocycles. The van der Waals surface area contributed by atoms with Crippen molar-refractivity contribution in [1.82, 2.24) is 0 Å². The van der Waals surface area contributed by atoms with Crippen molar-refractivity contribution in [3.8, 4) is 0 Å². The lowest BCUT2D eigenvalue weighted by Crippen LogP contribution is -2.08. The summed E-state index contributed by atoms with van der Waals surface area (Å²) in [4.78, 5) is 38.9. The van der Waals surface area contributed by atoms with E-state index >= 15 is 0 Å². The molecule has 0 radical (unpaired) electrons. The molecule has 2 fully saturated rings. The molecule has 0 aromatic carbocycles. The van der Waals surface area contributed by atoms with Crippen LogP contribution in [-0.2, 0) is 38.6 Å². The summed E-state index contributed by atoms with van der Waals surface area (Å²) in [6.07, 6.45) is 1.44. The predicted octanol–water partition coefficient (Wildman–Crippen LogP) is 0.124. The average Bonchev–Trinajstić information content (AvgIpc) is 3.08. The molecule has 2 heterocycles. The van der Waals surface area contributed by atoms with Crippen LogP contribution in [-0.4, -0.2) is 24.9 Å². The number of hydrogen-bond acceptors (Lipinski definition) is 8. The molecule has 0 aliphatic carbocycles. The van der Waals surface area contributed by atoms with Crippen LogP contribution in [0.4, 0.5) is 0 Å². The Labute approximate surface area is 90.1 Å². The van der Waals surface area contributed by atoms with Gasteiger partial charge in [-0.2, -0.15) is 19.6 Å². The van der Waals surface area contributed by atoms with Gasteiger partial charge in [0.2, 0.25) is 0 Å². The fourth-order valence-corrected chi connectivity index (χ4v) is 0.995. The monoisotopic (exact) mass is 234 g/mol. The second-order valence-electron chi connectivity index (χ2n) is 3.15. The van der Waals surface area contributed by atoms with Gasteiger partial charge in [0.25, 0.3) is 0 Å². The van der Waals surface area contributed by atoms with Crippen LogP contribution < -0.4 is 0 Å². The summed E-state index contributed by atoms with van der Waals surface area (Å²) >= 11 is 0. The van der Waals surface area contributed by atoms with Crippen molar-refractivity contribution in [2.24, 2.45) is 0 Å². The number of carbonyl (C=O) groups excluding carboxylic acids is 2. The quantitative estimate of drug-likeness (QED) is 0.265. The lowest BCUT2D eigenvalue weighted by Gasteiger charge is -1.99. The van der Waals surface area contributed by atoms with E-state index in [4.69, 9.17) is 0 Å². The van der Waals surface area contributed by atoms with Gasteiger partial charge >= 0.3 is 24.9 Å². The van der Waals surface area contributed by atoms with Gasteiger partial charge in [0, 0.05) is 12.8 Å². The Hall–Kier alpha value is -1.22. The van der Waals surface area contributed by atoms with Gasteiger partial charge in [0.15, 0.2) is 0 Å². The van der Waals surface area contributed by atoms with Gasteiger partial charge in [0.05, 0.1) is 0 Å². The summed E-state index contributed by atoms with van der Waals surface area (Å²) in [6, 6.07) is 0. The Morgan fingerprint density at radius 1 is 0.812 bits per heavy atom. The minimum Gasteiger partial charge on any atom is -0.406 e. The molecule has 0 N–H and O–H groups in total. The molecule has 8 nitrogen and oxygen atoms in total. The summed E-state index contributed by atoms with van der Waals surface area (Å²) in [5, 5.41) is 0. The molecule has 0 amide bonds. The van der Waals surface area contributed by atoms with E-state index in [0.717, 1.165) is 0 Å². The summed E-state index contributed by atoms with van der Waals surface area (Å²) in [5.41, 5.74) is 0. The normalized spacial score (nSPS) is 19.2. The maximum atomic E-state index is 11.0. The first kappa shape index (κ1) is 11.3. The molecule has 2 aliphatic heterocycles. The molecule has 16 heavy (non-hydrogen) atoms. The first-order valence-corrected chi connectivity index (χ1v) is 4.77. The highest BCUT2D eigenvalue weighted by Crippen LogP contribution is 2.16. The van der Waals surface area contributed by atoms with Crippen LogP contribution in [0.5, 0.6) is 0 Å².